The Labute approximate surface area is 137 Å². The minimum atomic E-state index is -3.57. The number of hydrogen-bond acceptors (Lipinski definition) is 3. The van der Waals surface area contributed by atoms with Gasteiger partial charge >= 0.3 is 0 Å². The van der Waals surface area contributed by atoms with Gasteiger partial charge in [0, 0.05) is 25.7 Å². The van der Waals surface area contributed by atoms with Crippen LogP contribution in [-0.4, -0.2) is 27.4 Å². The number of benzene rings is 2. The Kier molecular flexibility index (Phi) is 5.52. The van der Waals surface area contributed by atoms with Crippen LogP contribution in [0.1, 0.15) is 12.5 Å². The highest BCUT2D eigenvalue weighted by molar-refractivity contribution is 7.89. The first-order chi connectivity index (χ1) is 10.9. The first kappa shape index (κ1) is 17.2. The number of anilines is 1. The highest BCUT2D eigenvalue weighted by Crippen LogP contribution is 2.13. The van der Waals surface area contributed by atoms with E-state index in [0.717, 1.165) is 11.3 Å². The van der Waals surface area contributed by atoms with E-state index in [1.165, 1.54) is 6.92 Å². The molecule has 1 amide bonds. The molecule has 0 aliphatic carbocycles. The minimum absolute atomic E-state index is 0.133. The van der Waals surface area contributed by atoms with Crippen molar-refractivity contribution in [3.05, 3.63) is 60.2 Å². The average molecular weight is 332 g/mol. The van der Waals surface area contributed by atoms with Crippen molar-refractivity contribution < 1.29 is 13.2 Å². The Morgan fingerprint density at radius 3 is 2.39 bits per heavy atom. The van der Waals surface area contributed by atoms with Crippen molar-refractivity contribution in [1.82, 2.24) is 4.72 Å². The molecule has 0 saturated heterocycles. The normalized spacial score (nSPS) is 11.2. The van der Waals surface area contributed by atoms with Gasteiger partial charge < -0.3 is 4.90 Å². The predicted molar refractivity (Wildman–Crippen MR) is 90.8 cm³/mol. The Balaban J connectivity index is 2.04. The third-order valence-corrected chi connectivity index (χ3v) is 4.83. The highest BCUT2D eigenvalue weighted by Gasteiger charge is 2.16. The van der Waals surface area contributed by atoms with Gasteiger partial charge in [-0.05, 0) is 36.8 Å². The lowest BCUT2D eigenvalue weighted by Crippen LogP contribution is -2.37. The van der Waals surface area contributed by atoms with Crippen molar-refractivity contribution in [1.29, 1.82) is 0 Å². The fraction of sp³-hybridized carbons (Fsp3) is 0.235. The first-order valence-corrected chi connectivity index (χ1v) is 8.78. The van der Waals surface area contributed by atoms with Gasteiger partial charge in [-0.1, -0.05) is 30.3 Å². The average Bonchev–Trinajstić information content (AvgIpc) is 2.52. The number of para-hydroxylation sites is 1. The Morgan fingerprint density at radius 2 is 1.78 bits per heavy atom. The molecule has 0 heterocycles. The molecule has 0 unspecified atom stereocenters. The molecule has 6 heteroatoms. The molecule has 0 aliphatic rings. The number of nitrogens with one attached hydrogen (secondary N) is 1. The second-order valence-electron chi connectivity index (χ2n) is 5.22. The van der Waals surface area contributed by atoms with Crippen LogP contribution in [0.25, 0.3) is 0 Å². The van der Waals surface area contributed by atoms with Crippen molar-refractivity contribution in [2.45, 2.75) is 18.7 Å². The summed E-state index contributed by atoms with van der Waals surface area (Å²) in [6, 6.07) is 15.9. The lowest BCUT2D eigenvalue weighted by atomic mass is 10.2. The van der Waals surface area contributed by atoms with Crippen LogP contribution in [0.3, 0.4) is 0 Å². The van der Waals surface area contributed by atoms with Crippen molar-refractivity contribution in [3.63, 3.8) is 0 Å². The zero-order valence-corrected chi connectivity index (χ0v) is 14.0. The third-order valence-electron chi connectivity index (χ3n) is 3.38. The SMILES string of the molecule is CC(=O)N(CCNS(=O)(=O)c1cccc(C)c1)c1ccccc1. The van der Waals surface area contributed by atoms with Gasteiger partial charge in [-0.2, -0.15) is 0 Å². The number of aryl methyl sites for hydroxylation is 1. The van der Waals surface area contributed by atoms with Crippen molar-refractivity contribution >= 4 is 21.6 Å². The highest BCUT2D eigenvalue weighted by atomic mass is 32.2. The monoisotopic (exact) mass is 332 g/mol. The molecule has 0 atom stereocenters. The van der Waals surface area contributed by atoms with Crippen LogP contribution in [-0.2, 0) is 14.8 Å². The third kappa shape index (κ3) is 4.64. The van der Waals surface area contributed by atoms with E-state index >= 15 is 0 Å². The van der Waals surface area contributed by atoms with Gasteiger partial charge in [-0.3, -0.25) is 4.79 Å². The second kappa shape index (κ2) is 7.39. The topological polar surface area (TPSA) is 66.5 Å². The maximum Gasteiger partial charge on any atom is 0.240 e. The summed E-state index contributed by atoms with van der Waals surface area (Å²) >= 11 is 0. The zero-order chi connectivity index (χ0) is 16.9. The van der Waals surface area contributed by atoms with Crippen LogP contribution in [0.2, 0.25) is 0 Å². The number of sulfonamides is 1. The number of rotatable bonds is 6. The first-order valence-electron chi connectivity index (χ1n) is 7.29. The van der Waals surface area contributed by atoms with Crippen LogP contribution in [0.4, 0.5) is 5.69 Å². The van der Waals surface area contributed by atoms with E-state index in [-0.39, 0.29) is 23.9 Å². The van der Waals surface area contributed by atoms with Crippen LogP contribution < -0.4 is 9.62 Å². The van der Waals surface area contributed by atoms with E-state index in [9.17, 15) is 13.2 Å². The van der Waals surface area contributed by atoms with Gasteiger partial charge in [-0.15, -0.1) is 0 Å². The molecule has 2 aromatic rings. The molecule has 0 fully saturated rings. The van der Waals surface area contributed by atoms with E-state index in [0.29, 0.717) is 0 Å². The summed E-state index contributed by atoms with van der Waals surface area (Å²) in [5.41, 5.74) is 1.62. The lowest BCUT2D eigenvalue weighted by molar-refractivity contribution is -0.116. The molecule has 23 heavy (non-hydrogen) atoms. The Hall–Kier alpha value is -2.18. The van der Waals surface area contributed by atoms with Crippen molar-refractivity contribution in [2.75, 3.05) is 18.0 Å². The molecular formula is C17H20N2O3S. The summed E-state index contributed by atoms with van der Waals surface area (Å²) in [6.07, 6.45) is 0. The summed E-state index contributed by atoms with van der Waals surface area (Å²) < 4.78 is 27.1. The summed E-state index contributed by atoms with van der Waals surface area (Å²) in [5, 5.41) is 0. The van der Waals surface area contributed by atoms with Crippen molar-refractivity contribution in [3.8, 4) is 0 Å². The van der Waals surface area contributed by atoms with E-state index in [4.69, 9.17) is 0 Å². The quantitative estimate of drug-likeness (QED) is 0.883. The maximum absolute atomic E-state index is 12.3. The molecule has 122 valence electrons. The summed E-state index contributed by atoms with van der Waals surface area (Å²) in [5.74, 6) is -0.133. The minimum Gasteiger partial charge on any atom is -0.311 e. The van der Waals surface area contributed by atoms with E-state index in [1.54, 1.807) is 23.1 Å². The zero-order valence-electron chi connectivity index (χ0n) is 13.2. The molecule has 5 nitrogen and oxygen atoms in total. The van der Waals surface area contributed by atoms with Gasteiger partial charge in [0.2, 0.25) is 15.9 Å². The van der Waals surface area contributed by atoms with Gasteiger partial charge in [0.25, 0.3) is 0 Å². The lowest BCUT2D eigenvalue weighted by Gasteiger charge is -2.21. The molecule has 2 aromatic carbocycles. The van der Waals surface area contributed by atoms with Gasteiger partial charge in [-0.25, -0.2) is 13.1 Å². The molecule has 0 bridgehead atoms. The smallest absolute Gasteiger partial charge is 0.240 e. The van der Waals surface area contributed by atoms with E-state index in [1.807, 2.05) is 43.3 Å². The van der Waals surface area contributed by atoms with Crippen molar-refractivity contribution in [2.24, 2.45) is 0 Å². The summed E-state index contributed by atoms with van der Waals surface area (Å²) in [7, 11) is -3.57. The largest absolute Gasteiger partial charge is 0.311 e. The van der Waals surface area contributed by atoms with E-state index in [2.05, 4.69) is 4.72 Å². The molecule has 0 aliphatic heterocycles. The molecule has 0 radical (unpaired) electrons. The molecule has 2 rings (SSSR count). The van der Waals surface area contributed by atoms with Crippen LogP contribution in [0.15, 0.2) is 59.5 Å². The maximum atomic E-state index is 12.3. The molecule has 0 saturated carbocycles. The fourth-order valence-electron chi connectivity index (χ4n) is 2.23. The Morgan fingerprint density at radius 1 is 1.09 bits per heavy atom. The van der Waals surface area contributed by atoms with Gasteiger partial charge in [0.05, 0.1) is 4.90 Å². The molecular weight excluding hydrogens is 312 g/mol. The van der Waals surface area contributed by atoms with Gasteiger partial charge in [0.15, 0.2) is 0 Å². The predicted octanol–water partition coefficient (Wildman–Crippen LogP) is 2.33. The van der Waals surface area contributed by atoms with Crippen LogP contribution in [0.5, 0.6) is 0 Å². The summed E-state index contributed by atoms with van der Waals surface area (Å²) in [6.45, 7) is 3.71. The number of hydrogen-bond donors (Lipinski definition) is 1. The summed E-state index contributed by atoms with van der Waals surface area (Å²) in [4.78, 5) is 13.5. The molecule has 1 N–H and O–H groups in total. The number of carbonyl (C=O) groups excluding carboxylic acids is 1. The van der Waals surface area contributed by atoms with Crippen LogP contribution in [0, 0.1) is 6.92 Å². The van der Waals surface area contributed by atoms with Gasteiger partial charge in [0.1, 0.15) is 0 Å². The Bertz CT molecular complexity index is 773. The number of amides is 1. The fourth-order valence-corrected chi connectivity index (χ4v) is 3.36. The molecule has 0 spiro atoms. The standard InChI is InChI=1S/C17H20N2O3S/c1-14-7-6-10-17(13-14)23(21,22)18-11-12-19(15(2)20)16-8-4-3-5-9-16/h3-10,13,18H,11-12H2,1-2H3. The number of nitrogens with zero attached hydrogens (tertiary/aromatic N) is 1. The molecule has 0 aromatic heterocycles. The second-order valence-corrected chi connectivity index (χ2v) is 6.99. The van der Waals surface area contributed by atoms with Crippen LogP contribution >= 0.6 is 0 Å². The number of carbonyl (C=O) groups is 1. The van der Waals surface area contributed by atoms with E-state index < -0.39 is 10.0 Å².